The molecule has 0 amide bonds. The van der Waals surface area contributed by atoms with Crippen LogP contribution in [0.25, 0.3) is 0 Å². The summed E-state index contributed by atoms with van der Waals surface area (Å²) in [6.07, 6.45) is 1.29. The van der Waals surface area contributed by atoms with Crippen molar-refractivity contribution in [1.82, 2.24) is 15.1 Å². The lowest BCUT2D eigenvalue weighted by atomic mass is 10.2. The van der Waals surface area contributed by atoms with Crippen LogP contribution in [0.4, 0.5) is 0 Å². The minimum atomic E-state index is -1.04. The molecular formula is C11H17N3O4. The molecule has 1 unspecified atom stereocenters. The number of aryl methyl sites for hydroxylation is 1. The summed E-state index contributed by atoms with van der Waals surface area (Å²) in [6.45, 7) is 3.94. The van der Waals surface area contributed by atoms with Crippen molar-refractivity contribution in [3.63, 3.8) is 0 Å². The second-order valence-corrected chi connectivity index (χ2v) is 3.79. The fourth-order valence-electron chi connectivity index (χ4n) is 1.45. The lowest BCUT2D eigenvalue weighted by Gasteiger charge is -2.13. The Morgan fingerprint density at radius 2 is 2.28 bits per heavy atom. The molecule has 0 fully saturated rings. The zero-order valence-electron chi connectivity index (χ0n) is 10.6. The fourth-order valence-corrected chi connectivity index (χ4v) is 1.45. The maximum atomic E-state index is 11.4. The fraction of sp³-hybridized carbons (Fsp3) is 0.545. The van der Waals surface area contributed by atoms with Gasteiger partial charge in [-0.15, -0.1) is 0 Å². The molecule has 1 heterocycles. The van der Waals surface area contributed by atoms with E-state index < -0.39 is 12.0 Å². The summed E-state index contributed by atoms with van der Waals surface area (Å²) < 4.78 is 6.31. The summed E-state index contributed by atoms with van der Waals surface area (Å²) in [5.41, 5.74) is 0.639. The van der Waals surface area contributed by atoms with Crippen molar-refractivity contribution in [2.24, 2.45) is 7.05 Å². The summed E-state index contributed by atoms with van der Waals surface area (Å²) in [5.74, 6) is -1.40. The molecule has 1 aromatic rings. The quantitative estimate of drug-likeness (QED) is 0.703. The molecule has 18 heavy (non-hydrogen) atoms. The topological polar surface area (TPSA) is 93.4 Å². The van der Waals surface area contributed by atoms with E-state index in [1.54, 1.807) is 20.9 Å². The van der Waals surface area contributed by atoms with Crippen molar-refractivity contribution in [2.75, 3.05) is 6.61 Å². The van der Waals surface area contributed by atoms with Gasteiger partial charge in [0.05, 0.1) is 18.5 Å². The third-order valence-corrected chi connectivity index (χ3v) is 2.51. The number of ether oxygens (including phenoxy) is 1. The SMILES string of the molecule is CCOC(=O)C(C)NCc1c(C(=O)O)cnn1C. The molecule has 1 aromatic heterocycles. The first-order chi connectivity index (χ1) is 8.47. The largest absolute Gasteiger partial charge is 0.478 e. The van der Waals surface area contributed by atoms with E-state index in [1.165, 1.54) is 10.9 Å². The van der Waals surface area contributed by atoms with Crippen molar-refractivity contribution in [1.29, 1.82) is 0 Å². The summed E-state index contributed by atoms with van der Waals surface area (Å²) in [6, 6.07) is -0.499. The zero-order valence-corrected chi connectivity index (χ0v) is 10.6. The number of carboxylic acid groups (broad SMARTS) is 1. The van der Waals surface area contributed by atoms with Gasteiger partial charge in [0.25, 0.3) is 0 Å². The molecule has 0 saturated carbocycles. The predicted octanol–water partition coefficient (Wildman–Crippen LogP) is 0.159. The van der Waals surface area contributed by atoms with Gasteiger partial charge in [-0.05, 0) is 13.8 Å². The second-order valence-electron chi connectivity index (χ2n) is 3.79. The second kappa shape index (κ2) is 6.15. The Balaban J connectivity index is 2.66. The van der Waals surface area contributed by atoms with Gasteiger partial charge in [-0.3, -0.25) is 14.8 Å². The number of hydrogen-bond acceptors (Lipinski definition) is 5. The number of rotatable bonds is 6. The molecule has 0 spiro atoms. The van der Waals surface area contributed by atoms with Gasteiger partial charge in [0.2, 0.25) is 0 Å². The molecule has 0 aliphatic rings. The number of nitrogens with zero attached hydrogens (tertiary/aromatic N) is 2. The van der Waals surface area contributed by atoms with E-state index in [0.717, 1.165) is 0 Å². The maximum Gasteiger partial charge on any atom is 0.339 e. The third-order valence-electron chi connectivity index (χ3n) is 2.51. The minimum absolute atomic E-state index is 0.126. The molecule has 1 atom stereocenters. The Morgan fingerprint density at radius 3 is 2.83 bits per heavy atom. The van der Waals surface area contributed by atoms with Crippen molar-refractivity contribution in [3.05, 3.63) is 17.5 Å². The maximum absolute atomic E-state index is 11.4. The molecule has 0 saturated heterocycles. The van der Waals surface area contributed by atoms with Crippen LogP contribution in [0.3, 0.4) is 0 Å². The van der Waals surface area contributed by atoms with Crippen LogP contribution in [0, 0.1) is 0 Å². The van der Waals surface area contributed by atoms with E-state index in [-0.39, 0.29) is 18.1 Å². The van der Waals surface area contributed by atoms with Gasteiger partial charge in [0.15, 0.2) is 0 Å². The van der Waals surface area contributed by atoms with E-state index in [1.807, 2.05) is 0 Å². The molecule has 0 bridgehead atoms. The van der Waals surface area contributed by atoms with Crippen molar-refractivity contribution < 1.29 is 19.4 Å². The molecular weight excluding hydrogens is 238 g/mol. The third kappa shape index (κ3) is 3.30. The first kappa shape index (κ1) is 14.2. The van der Waals surface area contributed by atoms with Crippen LogP contribution >= 0.6 is 0 Å². The van der Waals surface area contributed by atoms with Crippen LogP contribution in [0.2, 0.25) is 0 Å². The lowest BCUT2D eigenvalue weighted by Crippen LogP contribution is -2.35. The molecule has 0 radical (unpaired) electrons. The molecule has 0 aromatic carbocycles. The smallest absolute Gasteiger partial charge is 0.339 e. The molecule has 1 rings (SSSR count). The highest BCUT2D eigenvalue weighted by Gasteiger charge is 2.18. The predicted molar refractivity (Wildman–Crippen MR) is 63.1 cm³/mol. The van der Waals surface area contributed by atoms with Crippen LogP contribution in [0.1, 0.15) is 29.9 Å². The average molecular weight is 255 g/mol. The Morgan fingerprint density at radius 1 is 1.61 bits per heavy atom. The average Bonchev–Trinajstić information content (AvgIpc) is 2.68. The van der Waals surface area contributed by atoms with E-state index in [0.29, 0.717) is 12.3 Å². The first-order valence-electron chi connectivity index (χ1n) is 5.61. The Labute approximate surface area is 105 Å². The summed E-state index contributed by atoms with van der Waals surface area (Å²) in [4.78, 5) is 22.3. The Hall–Kier alpha value is -1.89. The van der Waals surface area contributed by atoms with Crippen LogP contribution in [-0.2, 0) is 23.1 Å². The van der Waals surface area contributed by atoms with E-state index in [9.17, 15) is 9.59 Å². The molecule has 7 heteroatoms. The number of esters is 1. The summed E-state index contributed by atoms with van der Waals surface area (Å²) in [7, 11) is 1.65. The molecule has 100 valence electrons. The number of aromatic nitrogens is 2. The number of carboxylic acids is 1. The normalized spacial score (nSPS) is 12.2. The number of hydrogen-bond donors (Lipinski definition) is 2. The summed E-state index contributed by atoms with van der Waals surface area (Å²) >= 11 is 0. The number of carbonyl (C=O) groups is 2. The highest BCUT2D eigenvalue weighted by atomic mass is 16.5. The number of carbonyl (C=O) groups excluding carboxylic acids is 1. The van der Waals surface area contributed by atoms with Crippen LogP contribution in [-0.4, -0.2) is 39.5 Å². The van der Waals surface area contributed by atoms with Crippen molar-refractivity contribution >= 4 is 11.9 Å². The van der Waals surface area contributed by atoms with E-state index in [4.69, 9.17) is 9.84 Å². The van der Waals surface area contributed by atoms with Crippen LogP contribution in [0.15, 0.2) is 6.20 Å². The van der Waals surface area contributed by atoms with Crippen LogP contribution < -0.4 is 5.32 Å². The lowest BCUT2D eigenvalue weighted by molar-refractivity contribution is -0.145. The van der Waals surface area contributed by atoms with Gasteiger partial charge in [-0.1, -0.05) is 0 Å². The van der Waals surface area contributed by atoms with Gasteiger partial charge in [0, 0.05) is 13.6 Å². The molecule has 0 aliphatic heterocycles. The highest BCUT2D eigenvalue weighted by Crippen LogP contribution is 2.07. The van der Waals surface area contributed by atoms with Crippen molar-refractivity contribution in [3.8, 4) is 0 Å². The standard InChI is InChI=1S/C11H17N3O4/c1-4-18-11(17)7(2)12-6-9-8(10(15)16)5-13-14(9)3/h5,7,12H,4,6H2,1-3H3,(H,15,16). The van der Waals surface area contributed by atoms with Crippen molar-refractivity contribution in [2.45, 2.75) is 26.4 Å². The Kier molecular flexibility index (Phi) is 4.85. The van der Waals surface area contributed by atoms with Gasteiger partial charge < -0.3 is 9.84 Å². The molecule has 0 aliphatic carbocycles. The molecule has 7 nitrogen and oxygen atoms in total. The molecule has 2 N–H and O–H groups in total. The van der Waals surface area contributed by atoms with Gasteiger partial charge in [0.1, 0.15) is 11.6 Å². The monoisotopic (exact) mass is 255 g/mol. The number of nitrogens with one attached hydrogen (secondary N) is 1. The zero-order chi connectivity index (χ0) is 13.7. The van der Waals surface area contributed by atoms with Gasteiger partial charge in [-0.25, -0.2) is 4.79 Å². The first-order valence-corrected chi connectivity index (χ1v) is 5.61. The van der Waals surface area contributed by atoms with E-state index in [2.05, 4.69) is 10.4 Å². The van der Waals surface area contributed by atoms with Gasteiger partial charge in [-0.2, -0.15) is 5.10 Å². The summed E-state index contributed by atoms with van der Waals surface area (Å²) in [5, 5.41) is 15.7. The van der Waals surface area contributed by atoms with Crippen LogP contribution in [0.5, 0.6) is 0 Å². The number of aromatic carboxylic acids is 1. The minimum Gasteiger partial charge on any atom is -0.478 e. The highest BCUT2D eigenvalue weighted by molar-refractivity contribution is 5.88. The van der Waals surface area contributed by atoms with E-state index >= 15 is 0 Å². The Bertz CT molecular complexity index is 441. The van der Waals surface area contributed by atoms with Gasteiger partial charge >= 0.3 is 11.9 Å².